The van der Waals surface area contributed by atoms with Crippen LogP contribution in [-0.4, -0.2) is 59.2 Å². The number of anilines is 1. The molecule has 0 aromatic heterocycles. The molecule has 2 aliphatic rings. The SMILES string of the molecule is COC(=O)c1cc(S(N)(=O)=O)ccc1N1CCN(Cc2ccc3c(c2)CCO3)CC1. The number of carbonyl (C=O) groups excluding carboxylic acids is 1. The minimum Gasteiger partial charge on any atom is -0.493 e. The molecule has 1 saturated heterocycles. The first-order valence-corrected chi connectivity index (χ1v) is 11.4. The maximum Gasteiger partial charge on any atom is 0.340 e. The Morgan fingerprint density at radius 3 is 2.60 bits per heavy atom. The van der Waals surface area contributed by atoms with Gasteiger partial charge in [0.2, 0.25) is 10.0 Å². The average molecular weight is 432 g/mol. The third-order valence-corrected chi connectivity index (χ3v) is 6.49. The standard InChI is InChI=1S/C21H25N3O5S/c1-28-21(25)18-13-17(30(22,26)27)3-4-19(18)24-9-7-23(8-10-24)14-15-2-5-20-16(12-15)6-11-29-20/h2-5,12-13H,6-11,14H2,1H3,(H2,22,26,27). The molecule has 0 saturated carbocycles. The molecule has 0 bridgehead atoms. The Morgan fingerprint density at radius 1 is 1.13 bits per heavy atom. The van der Waals surface area contributed by atoms with E-state index in [1.54, 1.807) is 6.07 Å². The molecule has 1 fully saturated rings. The van der Waals surface area contributed by atoms with Gasteiger partial charge in [-0.1, -0.05) is 12.1 Å². The molecule has 0 unspecified atom stereocenters. The minimum absolute atomic E-state index is 0.106. The summed E-state index contributed by atoms with van der Waals surface area (Å²) in [5.41, 5.74) is 3.39. The van der Waals surface area contributed by atoms with Gasteiger partial charge in [-0.15, -0.1) is 0 Å². The summed E-state index contributed by atoms with van der Waals surface area (Å²) >= 11 is 0. The van der Waals surface area contributed by atoms with Crippen molar-refractivity contribution in [3.05, 3.63) is 53.1 Å². The number of piperazine rings is 1. The van der Waals surface area contributed by atoms with Gasteiger partial charge in [-0.2, -0.15) is 0 Å². The van der Waals surface area contributed by atoms with Crippen molar-refractivity contribution in [1.29, 1.82) is 0 Å². The number of primary sulfonamides is 1. The van der Waals surface area contributed by atoms with E-state index in [4.69, 9.17) is 14.6 Å². The van der Waals surface area contributed by atoms with E-state index >= 15 is 0 Å². The molecule has 4 rings (SSSR count). The second kappa shape index (κ2) is 8.25. The van der Waals surface area contributed by atoms with Gasteiger partial charge in [-0.05, 0) is 35.4 Å². The average Bonchev–Trinajstić information content (AvgIpc) is 3.20. The highest BCUT2D eigenvalue weighted by Crippen LogP contribution is 2.28. The summed E-state index contributed by atoms with van der Waals surface area (Å²) in [4.78, 5) is 16.6. The van der Waals surface area contributed by atoms with Gasteiger partial charge in [-0.3, -0.25) is 4.90 Å². The molecule has 2 heterocycles. The number of hydrogen-bond donors (Lipinski definition) is 1. The molecule has 0 atom stereocenters. The summed E-state index contributed by atoms with van der Waals surface area (Å²) in [6.07, 6.45) is 0.960. The molecule has 0 spiro atoms. The number of ether oxygens (including phenoxy) is 2. The molecular formula is C21H25N3O5S. The highest BCUT2D eigenvalue weighted by Gasteiger charge is 2.24. The number of esters is 1. The topological polar surface area (TPSA) is 102 Å². The smallest absolute Gasteiger partial charge is 0.340 e. The molecule has 8 nitrogen and oxygen atoms in total. The van der Waals surface area contributed by atoms with E-state index in [1.807, 2.05) is 6.07 Å². The number of nitrogens with two attached hydrogens (primary N) is 1. The van der Waals surface area contributed by atoms with E-state index in [0.29, 0.717) is 18.8 Å². The molecular weight excluding hydrogens is 406 g/mol. The highest BCUT2D eigenvalue weighted by atomic mass is 32.2. The van der Waals surface area contributed by atoms with Crippen LogP contribution in [0.1, 0.15) is 21.5 Å². The van der Waals surface area contributed by atoms with Crippen molar-refractivity contribution in [2.45, 2.75) is 17.9 Å². The molecule has 30 heavy (non-hydrogen) atoms. The molecule has 2 aliphatic heterocycles. The molecule has 2 aromatic carbocycles. The third kappa shape index (κ3) is 4.28. The maximum atomic E-state index is 12.2. The zero-order chi connectivity index (χ0) is 21.3. The summed E-state index contributed by atoms with van der Waals surface area (Å²) in [6, 6.07) is 10.7. The number of fused-ring (bicyclic) bond motifs is 1. The minimum atomic E-state index is -3.91. The van der Waals surface area contributed by atoms with E-state index in [1.165, 1.54) is 30.4 Å². The van der Waals surface area contributed by atoms with Crippen LogP contribution in [0, 0.1) is 0 Å². The van der Waals surface area contributed by atoms with Crippen molar-refractivity contribution in [3.8, 4) is 5.75 Å². The quantitative estimate of drug-likeness (QED) is 0.714. The Balaban J connectivity index is 1.46. The Labute approximate surface area is 176 Å². The second-order valence-electron chi connectivity index (χ2n) is 7.52. The van der Waals surface area contributed by atoms with E-state index < -0.39 is 16.0 Å². The van der Waals surface area contributed by atoms with Crippen LogP contribution in [0.15, 0.2) is 41.3 Å². The van der Waals surface area contributed by atoms with Gasteiger partial charge >= 0.3 is 5.97 Å². The summed E-state index contributed by atoms with van der Waals surface area (Å²) in [5, 5.41) is 5.21. The van der Waals surface area contributed by atoms with Gasteiger partial charge < -0.3 is 14.4 Å². The first-order chi connectivity index (χ1) is 14.3. The molecule has 160 valence electrons. The van der Waals surface area contributed by atoms with Crippen LogP contribution in [0.5, 0.6) is 5.75 Å². The Morgan fingerprint density at radius 2 is 1.90 bits per heavy atom. The van der Waals surface area contributed by atoms with Crippen molar-refractivity contribution in [1.82, 2.24) is 4.90 Å². The number of nitrogens with zero attached hydrogens (tertiary/aromatic N) is 2. The monoisotopic (exact) mass is 431 g/mol. The number of rotatable bonds is 5. The van der Waals surface area contributed by atoms with Crippen molar-refractivity contribution in [3.63, 3.8) is 0 Å². The summed E-state index contributed by atoms with van der Waals surface area (Å²) < 4.78 is 33.8. The maximum absolute atomic E-state index is 12.2. The van der Waals surface area contributed by atoms with Crippen LogP contribution >= 0.6 is 0 Å². The summed E-state index contributed by atoms with van der Waals surface area (Å²) in [7, 11) is -2.63. The van der Waals surface area contributed by atoms with Gasteiger partial charge in [0.1, 0.15) is 5.75 Å². The fourth-order valence-electron chi connectivity index (χ4n) is 3.98. The molecule has 9 heteroatoms. The summed E-state index contributed by atoms with van der Waals surface area (Å²) in [5.74, 6) is 0.403. The predicted octanol–water partition coefficient (Wildman–Crippen LogP) is 1.38. The number of carbonyl (C=O) groups is 1. The fraction of sp³-hybridized carbons (Fsp3) is 0.381. The Hall–Kier alpha value is -2.62. The fourth-order valence-corrected chi connectivity index (χ4v) is 4.52. The zero-order valence-corrected chi connectivity index (χ0v) is 17.7. The van der Waals surface area contributed by atoms with Gasteiger partial charge in [0.25, 0.3) is 0 Å². The first-order valence-electron chi connectivity index (χ1n) is 9.82. The first kappa shape index (κ1) is 20.6. The van der Waals surface area contributed by atoms with Crippen LogP contribution < -0.4 is 14.8 Å². The lowest BCUT2D eigenvalue weighted by atomic mass is 10.1. The van der Waals surface area contributed by atoms with Crippen LogP contribution in [0.2, 0.25) is 0 Å². The van der Waals surface area contributed by atoms with E-state index in [0.717, 1.165) is 38.4 Å². The Kier molecular flexibility index (Phi) is 5.68. The van der Waals surface area contributed by atoms with Crippen molar-refractivity contribution in [2.24, 2.45) is 5.14 Å². The molecule has 0 amide bonds. The van der Waals surface area contributed by atoms with E-state index in [2.05, 4.69) is 21.9 Å². The van der Waals surface area contributed by atoms with Crippen LogP contribution in [0.25, 0.3) is 0 Å². The summed E-state index contributed by atoms with van der Waals surface area (Å²) in [6.45, 7) is 4.69. The predicted molar refractivity (Wildman–Crippen MR) is 112 cm³/mol. The lowest BCUT2D eigenvalue weighted by molar-refractivity contribution is 0.0601. The van der Waals surface area contributed by atoms with Crippen molar-refractivity contribution in [2.75, 3.05) is 44.8 Å². The largest absolute Gasteiger partial charge is 0.493 e. The normalized spacial score (nSPS) is 16.8. The zero-order valence-electron chi connectivity index (χ0n) is 16.8. The van der Waals surface area contributed by atoms with Gasteiger partial charge in [0.05, 0.1) is 29.9 Å². The van der Waals surface area contributed by atoms with Crippen molar-refractivity contribution < 1.29 is 22.7 Å². The number of methoxy groups -OCH3 is 1. The lowest BCUT2D eigenvalue weighted by Gasteiger charge is -2.36. The van der Waals surface area contributed by atoms with Crippen LogP contribution in [0.4, 0.5) is 5.69 Å². The number of hydrogen-bond acceptors (Lipinski definition) is 7. The second-order valence-corrected chi connectivity index (χ2v) is 9.08. The lowest BCUT2D eigenvalue weighted by Crippen LogP contribution is -2.46. The molecule has 2 aromatic rings. The number of sulfonamides is 1. The van der Waals surface area contributed by atoms with Crippen LogP contribution in [-0.2, 0) is 27.7 Å². The van der Waals surface area contributed by atoms with Gasteiger partial charge in [0.15, 0.2) is 0 Å². The van der Waals surface area contributed by atoms with E-state index in [-0.39, 0.29) is 10.5 Å². The number of benzene rings is 2. The van der Waals surface area contributed by atoms with Crippen LogP contribution in [0.3, 0.4) is 0 Å². The van der Waals surface area contributed by atoms with Crippen molar-refractivity contribution >= 4 is 21.7 Å². The molecule has 2 N–H and O–H groups in total. The van der Waals surface area contributed by atoms with Gasteiger partial charge in [0, 0.05) is 39.1 Å². The van der Waals surface area contributed by atoms with Gasteiger partial charge in [-0.25, -0.2) is 18.4 Å². The molecule has 0 aliphatic carbocycles. The Bertz CT molecular complexity index is 1060. The highest BCUT2D eigenvalue weighted by molar-refractivity contribution is 7.89. The van der Waals surface area contributed by atoms with E-state index in [9.17, 15) is 13.2 Å². The third-order valence-electron chi connectivity index (χ3n) is 5.57. The molecule has 0 radical (unpaired) electrons.